The molecule has 1 aliphatic carbocycles. The fourth-order valence-corrected chi connectivity index (χ4v) is 3.51. The van der Waals surface area contributed by atoms with Crippen molar-refractivity contribution in [2.75, 3.05) is 6.79 Å². The van der Waals surface area contributed by atoms with Gasteiger partial charge in [-0.05, 0) is 43.9 Å². The number of fused-ring (bicyclic) bond motifs is 1. The molecule has 3 rings (SSSR count). The van der Waals surface area contributed by atoms with Gasteiger partial charge in [0.05, 0.1) is 6.42 Å². The van der Waals surface area contributed by atoms with Crippen LogP contribution in [0.4, 0.5) is 0 Å². The first-order valence-electron chi connectivity index (χ1n) is 8.38. The van der Waals surface area contributed by atoms with Gasteiger partial charge in [0.1, 0.15) is 0 Å². The maximum absolute atomic E-state index is 12.9. The van der Waals surface area contributed by atoms with E-state index in [1.54, 1.807) is 0 Å². The first kappa shape index (κ1) is 15.2. The third-order valence-corrected chi connectivity index (χ3v) is 4.86. The molecular formula is C18H25NO3. The summed E-state index contributed by atoms with van der Waals surface area (Å²) in [5.74, 6) is 1.76. The molecule has 0 spiro atoms. The Kier molecular flexibility index (Phi) is 4.55. The third kappa shape index (κ3) is 3.06. The number of rotatable bonds is 5. The van der Waals surface area contributed by atoms with E-state index in [0.29, 0.717) is 18.5 Å². The molecule has 1 amide bonds. The van der Waals surface area contributed by atoms with Crippen molar-refractivity contribution in [1.29, 1.82) is 0 Å². The van der Waals surface area contributed by atoms with E-state index in [-0.39, 0.29) is 12.7 Å². The molecule has 4 heteroatoms. The summed E-state index contributed by atoms with van der Waals surface area (Å²) in [6, 6.07) is 6.54. The monoisotopic (exact) mass is 303 g/mol. The van der Waals surface area contributed by atoms with Crippen molar-refractivity contribution in [2.45, 2.75) is 64.5 Å². The van der Waals surface area contributed by atoms with Crippen molar-refractivity contribution in [1.82, 2.24) is 4.90 Å². The van der Waals surface area contributed by atoms with Crippen LogP contribution in [0.15, 0.2) is 18.2 Å². The molecule has 22 heavy (non-hydrogen) atoms. The summed E-state index contributed by atoms with van der Waals surface area (Å²) in [6.45, 7) is 4.59. The topological polar surface area (TPSA) is 38.8 Å². The summed E-state index contributed by atoms with van der Waals surface area (Å²) in [7, 11) is 0. The van der Waals surface area contributed by atoms with Crippen molar-refractivity contribution in [3.8, 4) is 11.5 Å². The predicted octanol–water partition coefficient (Wildman–Crippen LogP) is 3.53. The molecule has 1 aromatic rings. The fraction of sp³-hybridized carbons (Fsp3) is 0.611. The molecule has 1 aliphatic heterocycles. The summed E-state index contributed by atoms with van der Waals surface area (Å²) >= 11 is 0. The largest absolute Gasteiger partial charge is 0.454 e. The van der Waals surface area contributed by atoms with Crippen LogP contribution in [0.3, 0.4) is 0 Å². The quantitative estimate of drug-likeness (QED) is 0.835. The zero-order chi connectivity index (χ0) is 15.5. The van der Waals surface area contributed by atoms with Crippen LogP contribution in [0.2, 0.25) is 0 Å². The molecular weight excluding hydrogens is 278 g/mol. The lowest BCUT2D eigenvalue weighted by molar-refractivity contribution is -0.135. The van der Waals surface area contributed by atoms with Gasteiger partial charge in [-0.3, -0.25) is 4.79 Å². The molecule has 0 unspecified atom stereocenters. The highest BCUT2D eigenvalue weighted by Crippen LogP contribution is 2.33. The van der Waals surface area contributed by atoms with E-state index in [1.165, 1.54) is 12.8 Å². The Balaban J connectivity index is 1.72. The SMILES string of the molecule is CC[C@H](C)N(C(=O)Cc1ccc2c(c1)OCO2)C1CCCC1. The number of carbonyl (C=O) groups excluding carboxylic acids is 1. The molecule has 0 radical (unpaired) electrons. The Labute approximate surface area is 132 Å². The summed E-state index contributed by atoms with van der Waals surface area (Å²) in [6.07, 6.45) is 6.24. The second-order valence-electron chi connectivity index (χ2n) is 6.36. The average molecular weight is 303 g/mol. The summed E-state index contributed by atoms with van der Waals surface area (Å²) in [5, 5.41) is 0. The minimum absolute atomic E-state index is 0.236. The van der Waals surface area contributed by atoms with Crippen molar-refractivity contribution in [3.05, 3.63) is 23.8 Å². The van der Waals surface area contributed by atoms with Crippen molar-refractivity contribution >= 4 is 5.91 Å². The van der Waals surface area contributed by atoms with Gasteiger partial charge < -0.3 is 14.4 Å². The number of ether oxygens (including phenoxy) is 2. The maximum Gasteiger partial charge on any atom is 0.231 e. The number of hydrogen-bond acceptors (Lipinski definition) is 3. The summed E-state index contributed by atoms with van der Waals surface area (Å²) in [5.41, 5.74) is 1.00. The van der Waals surface area contributed by atoms with E-state index in [4.69, 9.17) is 9.47 Å². The standard InChI is InChI=1S/C18H25NO3/c1-3-13(2)19(15-6-4-5-7-15)18(20)11-14-8-9-16-17(10-14)22-12-21-16/h8-10,13,15H,3-7,11-12H2,1-2H3/t13-/m0/s1. The van der Waals surface area contributed by atoms with Crippen molar-refractivity contribution in [2.24, 2.45) is 0 Å². The Morgan fingerprint density at radius 1 is 1.27 bits per heavy atom. The number of nitrogens with zero attached hydrogens (tertiary/aromatic N) is 1. The lowest BCUT2D eigenvalue weighted by atomic mass is 10.1. The van der Waals surface area contributed by atoms with Gasteiger partial charge in [-0.2, -0.15) is 0 Å². The lowest BCUT2D eigenvalue weighted by Crippen LogP contribution is -2.45. The molecule has 0 bridgehead atoms. The molecule has 1 heterocycles. The minimum atomic E-state index is 0.236. The fourth-order valence-electron chi connectivity index (χ4n) is 3.51. The summed E-state index contributed by atoms with van der Waals surface area (Å²) in [4.78, 5) is 15.0. The first-order chi connectivity index (χ1) is 10.7. The lowest BCUT2D eigenvalue weighted by Gasteiger charge is -2.34. The van der Waals surface area contributed by atoms with Gasteiger partial charge >= 0.3 is 0 Å². The zero-order valence-corrected chi connectivity index (χ0v) is 13.5. The van der Waals surface area contributed by atoms with Gasteiger partial charge in [0.15, 0.2) is 11.5 Å². The van der Waals surface area contributed by atoms with Crippen LogP contribution in [0.1, 0.15) is 51.5 Å². The predicted molar refractivity (Wildman–Crippen MR) is 85.1 cm³/mol. The first-order valence-corrected chi connectivity index (χ1v) is 8.38. The molecule has 120 valence electrons. The van der Waals surface area contributed by atoms with Gasteiger partial charge in [-0.1, -0.05) is 25.8 Å². The van der Waals surface area contributed by atoms with Crippen molar-refractivity contribution in [3.63, 3.8) is 0 Å². The Hall–Kier alpha value is -1.71. The van der Waals surface area contributed by atoms with E-state index in [9.17, 15) is 4.79 Å². The van der Waals surface area contributed by atoms with Crippen molar-refractivity contribution < 1.29 is 14.3 Å². The second kappa shape index (κ2) is 6.59. The van der Waals surface area contributed by atoms with E-state index >= 15 is 0 Å². The molecule has 0 saturated heterocycles. The highest BCUT2D eigenvalue weighted by molar-refractivity contribution is 5.79. The van der Waals surface area contributed by atoms with Gasteiger partial charge in [0, 0.05) is 12.1 Å². The smallest absolute Gasteiger partial charge is 0.231 e. The van der Waals surface area contributed by atoms with E-state index < -0.39 is 0 Å². The van der Waals surface area contributed by atoms with Crippen LogP contribution in [-0.4, -0.2) is 29.7 Å². The van der Waals surface area contributed by atoms with Gasteiger partial charge in [0.2, 0.25) is 12.7 Å². The highest BCUT2D eigenvalue weighted by Gasteiger charge is 2.29. The Morgan fingerprint density at radius 3 is 2.73 bits per heavy atom. The molecule has 1 aromatic carbocycles. The van der Waals surface area contributed by atoms with Crippen LogP contribution in [0.25, 0.3) is 0 Å². The average Bonchev–Trinajstić information content (AvgIpc) is 3.18. The molecule has 0 N–H and O–H groups in total. The van der Waals surface area contributed by atoms with Crippen LogP contribution < -0.4 is 9.47 Å². The minimum Gasteiger partial charge on any atom is -0.454 e. The second-order valence-corrected chi connectivity index (χ2v) is 6.36. The van der Waals surface area contributed by atoms with Crippen LogP contribution in [0.5, 0.6) is 11.5 Å². The number of benzene rings is 1. The number of carbonyl (C=O) groups is 1. The molecule has 0 aromatic heterocycles. The molecule has 1 saturated carbocycles. The Morgan fingerprint density at radius 2 is 2.00 bits per heavy atom. The Bertz CT molecular complexity index is 537. The maximum atomic E-state index is 12.9. The normalized spacial score (nSPS) is 18.5. The summed E-state index contributed by atoms with van der Waals surface area (Å²) < 4.78 is 10.7. The number of amides is 1. The molecule has 2 aliphatic rings. The van der Waals surface area contributed by atoms with Crippen LogP contribution >= 0.6 is 0 Å². The highest BCUT2D eigenvalue weighted by atomic mass is 16.7. The molecule has 1 atom stereocenters. The van der Waals surface area contributed by atoms with Gasteiger partial charge in [-0.25, -0.2) is 0 Å². The molecule has 1 fully saturated rings. The van der Waals surface area contributed by atoms with Gasteiger partial charge in [0.25, 0.3) is 0 Å². The van der Waals surface area contributed by atoms with Crippen LogP contribution in [-0.2, 0) is 11.2 Å². The number of hydrogen-bond donors (Lipinski definition) is 0. The molecule has 4 nitrogen and oxygen atoms in total. The van der Waals surface area contributed by atoms with Gasteiger partial charge in [-0.15, -0.1) is 0 Å². The third-order valence-electron chi connectivity index (χ3n) is 4.86. The van der Waals surface area contributed by atoms with Crippen LogP contribution in [0, 0.1) is 0 Å². The zero-order valence-electron chi connectivity index (χ0n) is 13.5. The van der Waals surface area contributed by atoms with E-state index in [2.05, 4.69) is 18.7 Å². The van der Waals surface area contributed by atoms with E-state index in [1.807, 2.05) is 18.2 Å². The van der Waals surface area contributed by atoms with E-state index in [0.717, 1.165) is 36.3 Å².